The van der Waals surface area contributed by atoms with Gasteiger partial charge in [-0.1, -0.05) is 70.0 Å². The monoisotopic (exact) mass is 381 g/mol. The smallest absolute Gasteiger partial charge is 0.224 e. The van der Waals surface area contributed by atoms with E-state index in [-0.39, 0.29) is 42.1 Å². The van der Waals surface area contributed by atoms with Crippen molar-refractivity contribution in [2.45, 2.75) is 58.4 Å². The Labute approximate surface area is 167 Å². The van der Waals surface area contributed by atoms with Crippen molar-refractivity contribution < 1.29 is 14.7 Å². The lowest BCUT2D eigenvalue weighted by Gasteiger charge is -2.26. The fourth-order valence-electron chi connectivity index (χ4n) is 4.60. The molecule has 3 atom stereocenters. The number of ketones is 1. The zero-order valence-corrected chi connectivity index (χ0v) is 17.1. The van der Waals surface area contributed by atoms with E-state index in [0.717, 1.165) is 41.2 Å². The van der Waals surface area contributed by atoms with Gasteiger partial charge in [0, 0.05) is 23.8 Å². The molecule has 1 aliphatic heterocycles. The van der Waals surface area contributed by atoms with Crippen molar-refractivity contribution in [1.29, 1.82) is 0 Å². The number of hydrogen-bond acceptors (Lipinski definition) is 3. The van der Waals surface area contributed by atoms with Gasteiger partial charge in [-0.15, -0.1) is 0 Å². The number of rotatable bonds is 8. The SMILES string of the molecule is CCCCCC(=O)c1ccc([C@H]2[C@@H](C(C)C)C(=O)N[C@@H]2CO)c2ccccc12. The quantitative estimate of drug-likeness (QED) is 0.524. The van der Waals surface area contributed by atoms with Gasteiger partial charge >= 0.3 is 0 Å². The van der Waals surface area contributed by atoms with Crippen LogP contribution in [-0.4, -0.2) is 29.4 Å². The minimum Gasteiger partial charge on any atom is -0.394 e. The van der Waals surface area contributed by atoms with Crippen LogP contribution in [0.1, 0.15) is 68.3 Å². The zero-order valence-electron chi connectivity index (χ0n) is 17.1. The van der Waals surface area contributed by atoms with E-state index in [1.165, 1.54) is 0 Å². The second-order valence-electron chi connectivity index (χ2n) is 8.22. The molecule has 1 amide bonds. The van der Waals surface area contributed by atoms with E-state index in [0.29, 0.717) is 6.42 Å². The maximum absolute atomic E-state index is 12.8. The maximum atomic E-state index is 12.8. The molecule has 0 aromatic heterocycles. The highest BCUT2D eigenvalue weighted by atomic mass is 16.3. The second kappa shape index (κ2) is 8.87. The van der Waals surface area contributed by atoms with Gasteiger partial charge in [-0.05, 0) is 28.7 Å². The molecule has 0 saturated carbocycles. The van der Waals surface area contributed by atoms with Gasteiger partial charge in [0.2, 0.25) is 5.91 Å². The molecule has 2 aromatic rings. The molecule has 4 heteroatoms. The molecule has 2 aromatic carbocycles. The topological polar surface area (TPSA) is 66.4 Å². The lowest BCUT2D eigenvalue weighted by Crippen LogP contribution is -2.31. The molecule has 0 aliphatic carbocycles. The Kier molecular flexibility index (Phi) is 6.50. The molecule has 1 aliphatic rings. The summed E-state index contributed by atoms with van der Waals surface area (Å²) in [6.45, 7) is 6.13. The normalized spacial score (nSPS) is 22.0. The fraction of sp³-hybridized carbons (Fsp3) is 0.500. The van der Waals surface area contributed by atoms with E-state index in [2.05, 4.69) is 12.2 Å². The van der Waals surface area contributed by atoms with E-state index in [1.807, 2.05) is 50.2 Å². The molecule has 0 radical (unpaired) electrons. The number of fused-ring (bicyclic) bond motifs is 1. The lowest BCUT2D eigenvalue weighted by atomic mass is 9.76. The van der Waals surface area contributed by atoms with Crippen LogP contribution in [0.5, 0.6) is 0 Å². The summed E-state index contributed by atoms with van der Waals surface area (Å²) in [6.07, 6.45) is 3.63. The standard InChI is InChI=1S/C24H31NO3/c1-4-5-6-11-21(27)18-12-13-19(17-10-8-7-9-16(17)18)23-20(14-26)25-24(28)22(23)15(2)3/h7-10,12-13,15,20,22-23,26H,4-6,11,14H2,1-3H3,(H,25,28)/t20-,22-,23-/m1/s1. The minimum atomic E-state index is -0.297. The Morgan fingerprint density at radius 2 is 1.82 bits per heavy atom. The van der Waals surface area contributed by atoms with Gasteiger partial charge in [0.15, 0.2) is 5.78 Å². The Bertz CT molecular complexity index is 858. The van der Waals surface area contributed by atoms with Gasteiger partial charge in [0.25, 0.3) is 0 Å². The number of amides is 1. The zero-order chi connectivity index (χ0) is 20.3. The Morgan fingerprint density at radius 1 is 1.11 bits per heavy atom. The van der Waals surface area contributed by atoms with Crippen LogP contribution in [0.2, 0.25) is 0 Å². The fourth-order valence-corrected chi connectivity index (χ4v) is 4.60. The number of carbonyl (C=O) groups is 2. The number of unbranched alkanes of at least 4 members (excludes halogenated alkanes) is 2. The Hall–Kier alpha value is -2.20. The summed E-state index contributed by atoms with van der Waals surface area (Å²) < 4.78 is 0. The average molecular weight is 382 g/mol. The summed E-state index contributed by atoms with van der Waals surface area (Å²) in [6, 6.07) is 11.6. The number of Topliss-reactive ketones (excluding diaryl/α,β-unsaturated/α-hetero) is 1. The molecular formula is C24H31NO3. The van der Waals surface area contributed by atoms with Gasteiger partial charge in [0.05, 0.1) is 12.6 Å². The third kappa shape index (κ3) is 3.83. The highest BCUT2D eigenvalue weighted by Crippen LogP contribution is 2.41. The molecule has 1 heterocycles. The van der Waals surface area contributed by atoms with Gasteiger partial charge in [-0.3, -0.25) is 9.59 Å². The molecule has 1 fully saturated rings. The molecule has 0 unspecified atom stereocenters. The molecule has 3 rings (SSSR count). The summed E-state index contributed by atoms with van der Waals surface area (Å²) in [5.41, 5.74) is 1.80. The van der Waals surface area contributed by atoms with Crippen molar-refractivity contribution in [2.75, 3.05) is 6.61 Å². The molecule has 1 saturated heterocycles. The second-order valence-corrected chi connectivity index (χ2v) is 8.22. The largest absolute Gasteiger partial charge is 0.394 e. The van der Waals surface area contributed by atoms with Crippen molar-refractivity contribution in [1.82, 2.24) is 5.32 Å². The number of aliphatic hydroxyl groups is 1. The summed E-state index contributed by atoms with van der Waals surface area (Å²) in [7, 11) is 0. The van der Waals surface area contributed by atoms with E-state index in [4.69, 9.17) is 0 Å². The number of benzene rings is 2. The molecule has 4 nitrogen and oxygen atoms in total. The van der Waals surface area contributed by atoms with Crippen LogP contribution in [0.15, 0.2) is 36.4 Å². The Morgan fingerprint density at radius 3 is 2.46 bits per heavy atom. The Balaban J connectivity index is 2.07. The molecule has 0 spiro atoms. The summed E-state index contributed by atoms with van der Waals surface area (Å²) in [5, 5.41) is 14.8. The number of carbonyl (C=O) groups excluding carboxylic acids is 2. The van der Waals surface area contributed by atoms with Crippen molar-refractivity contribution in [3.8, 4) is 0 Å². The molecular weight excluding hydrogens is 350 g/mol. The minimum absolute atomic E-state index is 0.00264. The maximum Gasteiger partial charge on any atom is 0.224 e. The van der Waals surface area contributed by atoms with E-state index >= 15 is 0 Å². The predicted molar refractivity (Wildman–Crippen MR) is 113 cm³/mol. The van der Waals surface area contributed by atoms with Crippen LogP contribution < -0.4 is 5.32 Å². The van der Waals surface area contributed by atoms with E-state index < -0.39 is 0 Å². The number of aliphatic hydroxyl groups excluding tert-OH is 1. The van der Waals surface area contributed by atoms with Crippen molar-refractivity contribution in [2.24, 2.45) is 11.8 Å². The van der Waals surface area contributed by atoms with Gasteiger partial charge in [-0.25, -0.2) is 0 Å². The first-order valence-electron chi connectivity index (χ1n) is 10.5. The predicted octanol–water partition coefficient (Wildman–Crippen LogP) is 4.45. The third-order valence-corrected chi connectivity index (χ3v) is 5.99. The molecule has 28 heavy (non-hydrogen) atoms. The van der Waals surface area contributed by atoms with Crippen LogP contribution in [0, 0.1) is 11.8 Å². The number of nitrogens with one attached hydrogen (secondary N) is 1. The third-order valence-electron chi connectivity index (χ3n) is 5.99. The molecule has 150 valence electrons. The first-order chi connectivity index (χ1) is 13.5. The van der Waals surface area contributed by atoms with Crippen molar-refractivity contribution in [3.63, 3.8) is 0 Å². The van der Waals surface area contributed by atoms with Crippen molar-refractivity contribution >= 4 is 22.5 Å². The highest BCUT2D eigenvalue weighted by Gasteiger charge is 2.44. The van der Waals surface area contributed by atoms with Crippen LogP contribution in [0.4, 0.5) is 0 Å². The van der Waals surface area contributed by atoms with Crippen LogP contribution in [0.3, 0.4) is 0 Å². The van der Waals surface area contributed by atoms with Gasteiger partial charge in [0.1, 0.15) is 0 Å². The van der Waals surface area contributed by atoms with Gasteiger partial charge in [-0.2, -0.15) is 0 Å². The summed E-state index contributed by atoms with van der Waals surface area (Å²) >= 11 is 0. The highest BCUT2D eigenvalue weighted by molar-refractivity contribution is 6.09. The van der Waals surface area contributed by atoms with Gasteiger partial charge < -0.3 is 10.4 Å². The van der Waals surface area contributed by atoms with E-state index in [1.54, 1.807) is 0 Å². The molecule has 0 bridgehead atoms. The summed E-state index contributed by atoms with van der Waals surface area (Å²) in [5.74, 6) is 0.0489. The first-order valence-corrected chi connectivity index (χ1v) is 10.5. The first kappa shape index (κ1) is 20.5. The van der Waals surface area contributed by atoms with E-state index in [9.17, 15) is 14.7 Å². The van der Waals surface area contributed by atoms with Crippen LogP contribution >= 0.6 is 0 Å². The number of hydrogen-bond donors (Lipinski definition) is 2. The van der Waals surface area contributed by atoms with Crippen LogP contribution in [-0.2, 0) is 4.79 Å². The van der Waals surface area contributed by atoms with Crippen LogP contribution in [0.25, 0.3) is 10.8 Å². The average Bonchev–Trinajstić information content (AvgIpc) is 3.03. The molecule has 2 N–H and O–H groups in total. The van der Waals surface area contributed by atoms with Crippen molar-refractivity contribution in [3.05, 3.63) is 47.5 Å². The summed E-state index contributed by atoms with van der Waals surface area (Å²) in [4.78, 5) is 25.4. The lowest BCUT2D eigenvalue weighted by molar-refractivity contribution is -0.123.